The van der Waals surface area contributed by atoms with Crippen LogP contribution >= 0.6 is 23.4 Å². The molecule has 7 heteroatoms. The van der Waals surface area contributed by atoms with Crippen LogP contribution in [-0.2, 0) is 10.5 Å². The molecule has 0 spiro atoms. The Balaban J connectivity index is 2.26. The lowest BCUT2D eigenvalue weighted by molar-refractivity contribution is -0.136. The van der Waals surface area contributed by atoms with Crippen molar-refractivity contribution in [2.45, 2.75) is 24.3 Å². The SMILES string of the molecule is CCC(SCc1cc(=O)n2cc(Cl)ccc2n1)C(=O)O. The van der Waals surface area contributed by atoms with E-state index >= 15 is 0 Å². The summed E-state index contributed by atoms with van der Waals surface area (Å²) in [6, 6.07) is 4.73. The molecule has 1 unspecified atom stereocenters. The van der Waals surface area contributed by atoms with Crippen LogP contribution in [0, 0.1) is 0 Å². The topological polar surface area (TPSA) is 71.7 Å². The first kappa shape index (κ1) is 14.9. The number of halogens is 1. The van der Waals surface area contributed by atoms with Crippen LogP contribution < -0.4 is 5.56 Å². The van der Waals surface area contributed by atoms with Crippen LogP contribution in [0.4, 0.5) is 0 Å². The van der Waals surface area contributed by atoms with Gasteiger partial charge in [0.2, 0.25) is 0 Å². The number of rotatable bonds is 5. The van der Waals surface area contributed by atoms with Gasteiger partial charge in [-0.25, -0.2) is 4.98 Å². The summed E-state index contributed by atoms with van der Waals surface area (Å²) in [5.74, 6) is -0.457. The van der Waals surface area contributed by atoms with E-state index in [1.807, 2.05) is 6.92 Å². The second-order valence-corrected chi connectivity index (χ2v) is 5.83. The molecule has 0 saturated carbocycles. The number of hydrogen-bond donors (Lipinski definition) is 1. The first-order chi connectivity index (χ1) is 9.51. The first-order valence-electron chi connectivity index (χ1n) is 6.03. The van der Waals surface area contributed by atoms with E-state index in [0.717, 1.165) is 0 Å². The molecule has 0 radical (unpaired) electrons. The monoisotopic (exact) mass is 312 g/mol. The molecule has 0 saturated heterocycles. The Bertz CT molecular complexity index is 702. The van der Waals surface area contributed by atoms with Crippen molar-refractivity contribution < 1.29 is 9.90 Å². The van der Waals surface area contributed by atoms with Gasteiger partial charge in [-0.1, -0.05) is 18.5 Å². The maximum Gasteiger partial charge on any atom is 0.316 e. The Hall–Kier alpha value is -1.53. The number of fused-ring (bicyclic) bond motifs is 1. The van der Waals surface area contributed by atoms with Crippen molar-refractivity contribution >= 4 is 35.0 Å². The standard InChI is InChI=1S/C13H13ClN2O3S/c1-2-10(13(18)19)20-7-9-5-12(17)16-6-8(14)3-4-11(16)15-9/h3-6,10H,2,7H2,1H3,(H,18,19). The summed E-state index contributed by atoms with van der Waals surface area (Å²) >= 11 is 7.10. The van der Waals surface area contributed by atoms with Gasteiger partial charge in [0.05, 0.1) is 10.7 Å². The van der Waals surface area contributed by atoms with Gasteiger partial charge in [0.1, 0.15) is 10.9 Å². The van der Waals surface area contributed by atoms with E-state index in [4.69, 9.17) is 16.7 Å². The van der Waals surface area contributed by atoms with Crippen molar-refractivity contribution in [3.05, 3.63) is 45.5 Å². The fraction of sp³-hybridized carbons (Fsp3) is 0.308. The molecule has 2 aromatic rings. The minimum absolute atomic E-state index is 0.225. The van der Waals surface area contributed by atoms with Gasteiger partial charge in [0.25, 0.3) is 5.56 Å². The van der Waals surface area contributed by atoms with Crippen LogP contribution in [-0.4, -0.2) is 25.7 Å². The molecule has 2 heterocycles. The van der Waals surface area contributed by atoms with E-state index in [1.165, 1.54) is 28.4 Å². The van der Waals surface area contributed by atoms with Crippen molar-refractivity contribution in [3.63, 3.8) is 0 Å². The summed E-state index contributed by atoms with van der Waals surface area (Å²) in [5.41, 5.74) is 0.847. The number of carbonyl (C=O) groups is 1. The predicted octanol–water partition coefficient (Wildman–Crippen LogP) is 2.44. The Morgan fingerprint density at radius 2 is 2.30 bits per heavy atom. The lowest BCUT2D eigenvalue weighted by Crippen LogP contribution is -2.17. The first-order valence-corrected chi connectivity index (χ1v) is 7.46. The van der Waals surface area contributed by atoms with Gasteiger partial charge in [-0.05, 0) is 18.6 Å². The van der Waals surface area contributed by atoms with E-state index in [0.29, 0.717) is 28.5 Å². The van der Waals surface area contributed by atoms with Crippen molar-refractivity contribution in [1.82, 2.24) is 9.38 Å². The number of hydrogen-bond acceptors (Lipinski definition) is 4. The highest BCUT2D eigenvalue weighted by Gasteiger charge is 2.16. The maximum atomic E-state index is 11.9. The van der Waals surface area contributed by atoms with E-state index in [1.54, 1.807) is 12.1 Å². The van der Waals surface area contributed by atoms with Crippen LogP contribution in [0.5, 0.6) is 0 Å². The van der Waals surface area contributed by atoms with Gasteiger partial charge < -0.3 is 5.11 Å². The van der Waals surface area contributed by atoms with Gasteiger partial charge in [-0.2, -0.15) is 0 Å². The fourth-order valence-corrected chi connectivity index (χ4v) is 2.81. The molecule has 1 N–H and O–H groups in total. The number of thioether (sulfide) groups is 1. The Morgan fingerprint density at radius 1 is 1.55 bits per heavy atom. The van der Waals surface area contributed by atoms with Crippen molar-refractivity contribution in [3.8, 4) is 0 Å². The van der Waals surface area contributed by atoms with Gasteiger partial charge in [0, 0.05) is 18.0 Å². The lowest BCUT2D eigenvalue weighted by Gasteiger charge is -2.09. The van der Waals surface area contributed by atoms with Crippen molar-refractivity contribution in [2.24, 2.45) is 0 Å². The molecule has 0 aliphatic carbocycles. The van der Waals surface area contributed by atoms with Crippen molar-refractivity contribution in [2.75, 3.05) is 0 Å². The quantitative estimate of drug-likeness (QED) is 0.918. The highest BCUT2D eigenvalue weighted by molar-refractivity contribution is 7.99. The zero-order chi connectivity index (χ0) is 14.7. The van der Waals surface area contributed by atoms with Crippen LogP contribution in [0.1, 0.15) is 19.0 Å². The lowest BCUT2D eigenvalue weighted by atomic mass is 10.3. The predicted molar refractivity (Wildman–Crippen MR) is 79.5 cm³/mol. The Labute approximate surface area is 124 Å². The van der Waals surface area contributed by atoms with E-state index in [9.17, 15) is 9.59 Å². The number of aliphatic carboxylic acids is 1. The van der Waals surface area contributed by atoms with Crippen LogP contribution in [0.25, 0.3) is 5.65 Å². The molecular formula is C13H13ClN2O3S. The zero-order valence-electron chi connectivity index (χ0n) is 10.7. The highest BCUT2D eigenvalue weighted by atomic mass is 35.5. The summed E-state index contributed by atoms with van der Waals surface area (Å²) in [6.45, 7) is 1.82. The van der Waals surface area contributed by atoms with E-state index < -0.39 is 11.2 Å². The van der Waals surface area contributed by atoms with Gasteiger partial charge >= 0.3 is 5.97 Å². The van der Waals surface area contributed by atoms with E-state index in [2.05, 4.69) is 4.98 Å². The molecular weight excluding hydrogens is 300 g/mol. The Kier molecular flexibility index (Phi) is 4.67. The summed E-state index contributed by atoms with van der Waals surface area (Å²) in [6.07, 6.45) is 2.04. The third-order valence-electron chi connectivity index (χ3n) is 2.76. The summed E-state index contributed by atoms with van der Waals surface area (Å²) in [4.78, 5) is 27.2. The largest absolute Gasteiger partial charge is 0.480 e. The maximum absolute atomic E-state index is 11.9. The molecule has 0 aliphatic heterocycles. The average Bonchev–Trinajstić information content (AvgIpc) is 2.40. The fourth-order valence-electron chi connectivity index (χ4n) is 1.75. The number of nitrogens with zero attached hydrogens (tertiary/aromatic N) is 2. The normalized spacial score (nSPS) is 12.5. The molecule has 5 nitrogen and oxygen atoms in total. The number of carboxylic acid groups (broad SMARTS) is 1. The third-order valence-corrected chi connectivity index (χ3v) is 4.38. The molecule has 0 bridgehead atoms. The zero-order valence-corrected chi connectivity index (χ0v) is 12.3. The van der Waals surface area contributed by atoms with Gasteiger partial charge in [-0.3, -0.25) is 14.0 Å². The molecule has 0 aromatic carbocycles. The van der Waals surface area contributed by atoms with Crippen LogP contribution in [0.3, 0.4) is 0 Å². The van der Waals surface area contributed by atoms with Crippen LogP contribution in [0.2, 0.25) is 5.02 Å². The minimum atomic E-state index is -0.846. The number of aromatic nitrogens is 2. The number of pyridine rings is 1. The van der Waals surface area contributed by atoms with E-state index in [-0.39, 0.29) is 5.56 Å². The second-order valence-electron chi connectivity index (χ2n) is 4.21. The van der Waals surface area contributed by atoms with Crippen molar-refractivity contribution in [1.29, 1.82) is 0 Å². The molecule has 0 amide bonds. The highest BCUT2D eigenvalue weighted by Crippen LogP contribution is 2.19. The smallest absolute Gasteiger partial charge is 0.316 e. The molecule has 0 aliphatic rings. The molecule has 2 rings (SSSR count). The molecule has 1 atom stereocenters. The molecule has 106 valence electrons. The number of carboxylic acids is 1. The van der Waals surface area contributed by atoms with Crippen LogP contribution in [0.15, 0.2) is 29.2 Å². The second kappa shape index (κ2) is 6.28. The van der Waals surface area contributed by atoms with Gasteiger partial charge in [-0.15, -0.1) is 11.8 Å². The molecule has 2 aromatic heterocycles. The van der Waals surface area contributed by atoms with Gasteiger partial charge in [0.15, 0.2) is 0 Å². The summed E-state index contributed by atoms with van der Waals surface area (Å²) < 4.78 is 1.37. The minimum Gasteiger partial charge on any atom is -0.480 e. The summed E-state index contributed by atoms with van der Waals surface area (Å²) in [7, 11) is 0. The third kappa shape index (κ3) is 3.32. The Morgan fingerprint density at radius 3 is 2.95 bits per heavy atom. The molecule has 0 fully saturated rings. The summed E-state index contributed by atoms with van der Waals surface area (Å²) in [5, 5.41) is 8.96. The average molecular weight is 313 g/mol. The molecule has 20 heavy (non-hydrogen) atoms.